The molecule has 1 aromatic carbocycles. The molecule has 4 heteroatoms. The van der Waals surface area contributed by atoms with E-state index in [1.54, 1.807) is 0 Å². The van der Waals surface area contributed by atoms with Crippen LogP contribution in [0.4, 0.5) is 0 Å². The summed E-state index contributed by atoms with van der Waals surface area (Å²) < 4.78 is 0. The number of carbonyl (C=O) groups is 1. The SMILES string of the molecule is C=CC(=O)N1CCC(Sc2ccc(Cl)cc2)CC1. The summed E-state index contributed by atoms with van der Waals surface area (Å²) in [4.78, 5) is 14.6. The fraction of sp³-hybridized carbons (Fsp3) is 0.357. The first-order chi connectivity index (χ1) is 8.69. The summed E-state index contributed by atoms with van der Waals surface area (Å²) in [6.45, 7) is 5.18. The number of hydrogen-bond acceptors (Lipinski definition) is 2. The van der Waals surface area contributed by atoms with Crippen molar-refractivity contribution in [3.63, 3.8) is 0 Å². The Hall–Kier alpha value is -0.930. The van der Waals surface area contributed by atoms with Crippen molar-refractivity contribution < 1.29 is 4.79 Å². The predicted molar refractivity (Wildman–Crippen MR) is 77.1 cm³/mol. The van der Waals surface area contributed by atoms with Crippen LogP contribution >= 0.6 is 23.4 Å². The first kappa shape index (κ1) is 13.5. The number of benzene rings is 1. The molecular formula is C14H16ClNOS. The molecule has 0 unspecified atom stereocenters. The zero-order valence-electron chi connectivity index (χ0n) is 10.1. The maximum absolute atomic E-state index is 11.5. The minimum absolute atomic E-state index is 0.0462. The maximum Gasteiger partial charge on any atom is 0.245 e. The van der Waals surface area contributed by atoms with Gasteiger partial charge in [0.05, 0.1) is 0 Å². The number of hydrogen-bond donors (Lipinski definition) is 0. The number of thioether (sulfide) groups is 1. The van der Waals surface area contributed by atoms with Gasteiger partial charge in [0.1, 0.15) is 0 Å². The monoisotopic (exact) mass is 281 g/mol. The number of carbonyl (C=O) groups excluding carboxylic acids is 1. The van der Waals surface area contributed by atoms with Crippen LogP contribution in [0.1, 0.15) is 12.8 Å². The minimum atomic E-state index is 0.0462. The van der Waals surface area contributed by atoms with Crippen LogP contribution in [0.25, 0.3) is 0 Å². The van der Waals surface area contributed by atoms with Gasteiger partial charge < -0.3 is 4.90 Å². The van der Waals surface area contributed by atoms with E-state index in [1.807, 2.05) is 40.9 Å². The maximum atomic E-state index is 11.5. The van der Waals surface area contributed by atoms with Gasteiger partial charge in [-0.05, 0) is 43.2 Å². The summed E-state index contributed by atoms with van der Waals surface area (Å²) >= 11 is 7.73. The van der Waals surface area contributed by atoms with Crippen LogP contribution in [0, 0.1) is 0 Å². The average Bonchev–Trinajstić information content (AvgIpc) is 2.41. The quantitative estimate of drug-likeness (QED) is 0.789. The summed E-state index contributed by atoms with van der Waals surface area (Å²) in [7, 11) is 0. The highest BCUT2D eigenvalue weighted by Crippen LogP contribution is 2.31. The van der Waals surface area contributed by atoms with Crippen molar-refractivity contribution in [2.45, 2.75) is 23.0 Å². The molecule has 1 amide bonds. The molecule has 0 saturated carbocycles. The molecule has 1 aliphatic heterocycles. The van der Waals surface area contributed by atoms with Gasteiger partial charge in [0, 0.05) is 28.3 Å². The van der Waals surface area contributed by atoms with Crippen molar-refractivity contribution in [2.75, 3.05) is 13.1 Å². The van der Waals surface area contributed by atoms with Crippen molar-refractivity contribution >= 4 is 29.3 Å². The molecule has 0 aromatic heterocycles. The molecule has 96 valence electrons. The van der Waals surface area contributed by atoms with Crippen molar-refractivity contribution in [1.29, 1.82) is 0 Å². The predicted octanol–water partition coefficient (Wildman–Crippen LogP) is 3.61. The molecule has 2 nitrogen and oxygen atoms in total. The van der Waals surface area contributed by atoms with E-state index in [1.165, 1.54) is 11.0 Å². The van der Waals surface area contributed by atoms with Crippen molar-refractivity contribution in [2.24, 2.45) is 0 Å². The summed E-state index contributed by atoms with van der Waals surface area (Å²) in [6, 6.07) is 7.93. The van der Waals surface area contributed by atoms with E-state index in [9.17, 15) is 4.79 Å². The first-order valence-corrected chi connectivity index (χ1v) is 7.28. The lowest BCUT2D eigenvalue weighted by molar-refractivity contribution is -0.126. The average molecular weight is 282 g/mol. The molecule has 1 fully saturated rings. The summed E-state index contributed by atoms with van der Waals surface area (Å²) in [5.74, 6) is 0.0462. The highest BCUT2D eigenvalue weighted by atomic mass is 35.5. The van der Waals surface area contributed by atoms with Gasteiger partial charge in [0.2, 0.25) is 5.91 Å². The molecule has 0 atom stereocenters. The molecule has 18 heavy (non-hydrogen) atoms. The summed E-state index contributed by atoms with van der Waals surface area (Å²) in [5.41, 5.74) is 0. The molecule has 1 saturated heterocycles. The first-order valence-electron chi connectivity index (χ1n) is 6.02. The Morgan fingerprint density at radius 3 is 2.50 bits per heavy atom. The van der Waals surface area contributed by atoms with E-state index in [0.717, 1.165) is 31.0 Å². The number of amides is 1. The third kappa shape index (κ3) is 3.53. The van der Waals surface area contributed by atoms with Gasteiger partial charge in [0.15, 0.2) is 0 Å². The van der Waals surface area contributed by atoms with E-state index >= 15 is 0 Å². The fourth-order valence-corrected chi connectivity index (χ4v) is 3.28. The van der Waals surface area contributed by atoms with Crippen LogP contribution in [-0.2, 0) is 4.79 Å². The Morgan fingerprint density at radius 1 is 1.33 bits per heavy atom. The van der Waals surface area contributed by atoms with Gasteiger partial charge in [-0.15, -0.1) is 11.8 Å². The number of halogens is 1. The molecule has 0 aliphatic carbocycles. The van der Waals surface area contributed by atoms with Crippen LogP contribution < -0.4 is 0 Å². The second-order valence-electron chi connectivity index (χ2n) is 4.30. The number of piperidine rings is 1. The standard InChI is InChI=1S/C14H16ClNOS/c1-2-14(17)16-9-7-13(8-10-16)18-12-5-3-11(15)4-6-12/h2-6,13H,1,7-10H2. The van der Waals surface area contributed by atoms with Crippen molar-refractivity contribution in [3.05, 3.63) is 41.9 Å². The third-order valence-electron chi connectivity index (χ3n) is 3.04. The van der Waals surface area contributed by atoms with Crippen LogP contribution in [0.15, 0.2) is 41.8 Å². The van der Waals surface area contributed by atoms with Gasteiger partial charge in [-0.3, -0.25) is 4.79 Å². The van der Waals surface area contributed by atoms with Gasteiger partial charge in [0.25, 0.3) is 0 Å². The van der Waals surface area contributed by atoms with Gasteiger partial charge in [-0.1, -0.05) is 18.2 Å². The molecule has 2 rings (SSSR count). The summed E-state index contributed by atoms with van der Waals surface area (Å²) in [6.07, 6.45) is 3.46. The lowest BCUT2D eigenvalue weighted by Crippen LogP contribution is -2.38. The Bertz CT molecular complexity index is 424. The topological polar surface area (TPSA) is 20.3 Å². The van der Waals surface area contributed by atoms with Gasteiger partial charge in [-0.2, -0.15) is 0 Å². The van der Waals surface area contributed by atoms with Gasteiger partial charge >= 0.3 is 0 Å². The number of likely N-dealkylation sites (tertiary alicyclic amines) is 1. The zero-order chi connectivity index (χ0) is 13.0. The number of nitrogens with zero attached hydrogens (tertiary/aromatic N) is 1. The Balaban J connectivity index is 1.85. The second-order valence-corrected chi connectivity index (χ2v) is 6.11. The summed E-state index contributed by atoms with van der Waals surface area (Å²) in [5, 5.41) is 1.35. The van der Waals surface area contributed by atoms with E-state index in [-0.39, 0.29) is 5.91 Å². The fourth-order valence-electron chi connectivity index (χ4n) is 2.03. The van der Waals surface area contributed by atoms with E-state index in [2.05, 4.69) is 6.58 Å². The number of rotatable bonds is 3. The largest absolute Gasteiger partial charge is 0.339 e. The molecule has 1 aliphatic rings. The molecule has 0 radical (unpaired) electrons. The highest BCUT2D eigenvalue weighted by molar-refractivity contribution is 8.00. The molecular weight excluding hydrogens is 266 g/mol. The molecule has 0 spiro atoms. The van der Waals surface area contributed by atoms with Crippen molar-refractivity contribution in [1.82, 2.24) is 4.90 Å². The van der Waals surface area contributed by atoms with Crippen LogP contribution in [0.5, 0.6) is 0 Å². The Kier molecular flexibility index (Phi) is 4.72. The normalized spacial score (nSPS) is 16.6. The smallest absolute Gasteiger partial charge is 0.245 e. The van der Waals surface area contributed by atoms with Gasteiger partial charge in [-0.25, -0.2) is 0 Å². The Morgan fingerprint density at radius 2 is 1.94 bits per heavy atom. The lowest BCUT2D eigenvalue weighted by Gasteiger charge is -2.30. The molecule has 1 aromatic rings. The molecule has 0 bridgehead atoms. The lowest BCUT2D eigenvalue weighted by atomic mass is 10.1. The minimum Gasteiger partial charge on any atom is -0.339 e. The molecule has 1 heterocycles. The van der Waals surface area contributed by atoms with E-state index < -0.39 is 0 Å². The Labute approximate surface area is 117 Å². The van der Waals surface area contributed by atoms with Crippen LogP contribution in [-0.4, -0.2) is 29.1 Å². The molecule has 0 N–H and O–H groups in total. The zero-order valence-corrected chi connectivity index (χ0v) is 11.7. The van der Waals surface area contributed by atoms with E-state index in [0.29, 0.717) is 5.25 Å². The van der Waals surface area contributed by atoms with E-state index in [4.69, 9.17) is 11.6 Å². The highest BCUT2D eigenvalue weighted by Gasteiger charge is 2.21. The van der Waals surface area contributed by atoms with Crippen LogP contribution in [0.2, 0.25) is 5.02 Å². The van der Waals surface area contributed by atoms with Crippen LogP contribution in [0.3, 0.4) is 0 Å². The second kappa shape index (κ2) is 6.30. The third-order valence-corrected chi connectivity index (χ3v) is 4.65. The van der Waals surface area contributed by atoms with Crippen molar-refractivity contribution in [3.8, 4) is 0 Å².